The maximum atomic E-state index is 12.6. The molecule has 5 nitrogen and oxygen atoms in total. The van der Waals surface area contributed by atoms with Crippen LogP contribution in [0.2, 0.25) is 0 Å². The largest absolute Gasteiger partial charge is 0.378 e. The Morgan fingerprint density at radius 2 is 1.55 bits per heavy atom. The van der Waals surface area contributed by atoms with Crippen LogP contribution < -0.4 is 0 Å². The number of amides is 2. The predicted octanol–water partition coefficient (Wildman–Crippen LogP) is 1.25. The molecule has 22 heavy (non-hydrogen) atoms. The molecule has 0 unspecified atom stereocenters. The minimum atomic E-state index is -2.57. The number of carbonyl (C=O) groups excluding carboxylic acids is 2. The highest BCUT2D eigenvalue weighted by Gasteiger charge is 2.43. The first kappa shape index (κ1) is 15.1. The fourth-order valence-electron chi connectivity index (χ4n) is 2.66. The van der Waals surface area contributed by atoms with Crippen molar-refractivity contribution in [1.29, 1.82) is 0 Å². The van der Waals surface area contributed by atoms with E-state index in [1.165, 1.54) is 0 Å². The van der Waals surface area contributed by atoms with Gasteiger partial charge in [0.15, 0.2) is 0 Å². The number of rotatable bonds is 6. The third kappa shape index (κ3) is 2.86. The van der Waals surface area contributed by atoms with Crippen molar-refractivity contribution in [2.75, 3.05) is 39.4 Å². The highest BCUT2D eigenvalue weighted by atomic mass is 19.3. The third-order valence-corrected chi connectivity index (χ3v) is 3.80. The van der Waals surface area contributed by atoms with Gasteiger partial charge in [0.2, 0.25) is 0 Å². The summed E-state index contributed by atoms with van der Waals surface area (Å²) in [7, 11) is 0. The first-order chi connectivity index (χ1) is 10.5. The van der Waals surface area contributed by atoms with Crippen LogP contribution in [0.3, 0.4) is 0 Å². The Kier molecular flexibility index (Phi) is 3.92. The summed E-state index contributed by atoms with van der Waals surface area (Å²) in [6, 6.07) is 6.68. The van der Waals surface area contributed by atoms with Gasteiger partial charge in [0, 0.05) is 6.54 Å². The van der Waals surface area contributed by atoms with Gasteiger partial charge in [-0.1, -0.05) is 12.1 Å². The van der Waals surface area contributed by atoms with E-state index in [0.29, 0.717) is 24.3 Å². The number of carbonyl (C=O) groups is 2. The molecule has 3 rings (SSSR count). The Morgan fingerprint density at radius 1 is 1.00 bits per heavy atom. The van der Waals surface area contributed by atoms with Crippen LogP contribution in [0.5, 0.6) is 0 Å². The molecule has 7 heteroatoms. The molecule has 2 amide bonds. The Morgan fingerprint density at radius 3 is 2.09 bits per heavy atom. The predicted molar refractivity (Wildman–Crippen MR) is 74.0 cm³/mol. The molecule has 1 aromatic rings. The van der Waals surface area contributed by atoms with Gasteiger partial charge in [-0.3, -0.25) is 19.4 Å². The zero-order chi connectivity index (χ0) is 15.7. The van der Waals surface area contributed by atoms with Crippen LogP contribution in [-0.4, -0.2) is 66.9 Å². The number of halogens is 2. The maximum Gasteiger partial charge on any atom is 0.272 e. The average molecular weight is 310 g/mol. The van der Waals surface area contributed by atoms with Crippen molar-refractivity contribution in [3.63, 3.8) is 0 Å². The zero-order valence-corrected chi connectivity index (χ0v) is 11.9. The fraction of sp³-hybridized carbons (Fsp3) is 0.467. The molecule has 0 bridgehead atoms. The Bertz CT molecular complexity index is 563. The van der Waals surface area contributed by atoms with Gasteiger partial charge in [0.1, 0.15) is 0 Å². The number of ether oxygens (including phenoxy) is 1. The van der Waals surface area contributed by atoms with Gasteiger partial charge in [0.05, 0.1) is 44.0 Å². The van der Waals surface area contributed by atoms with Crippen molar-refractivity contribution in [1.82, 2.24) is 9.80 Å². The van der Waals surface area contributed by atoms with E-state index in [-0.39, 0.29) is 38.1 Å². The van der Waals surface area contributed by atoms with Crippen LogP contribution in [0.15, 0.2) is 24.3 Å². The van der Waals surface area contributed by atoms with Gasteiger partial charge >= 0.3 is 0 Å². The van der Waals surface area contributed by atoms with Crippen molar-refractivity contribution >= 4 is 11.8 Å². The summed E-state index contributed by atoms with van der Waals surface area (Å²) < 4.78 is 30.6. The van der Waals surface area contributed by atoms with Gasteiger partial charge < -0.3 is 4.74 Å². The summed E-state index contributed by atoms with van der Waals surface area (Å²) >= 11 is 0. The molecule has 2 heterocycles. The monoisotopic (exact) mass is 310 g/mol. The molecule has 1 saturated heterocycles. The van der Waals surface area contributed by atoms with Gasteiger partial charge in [-0.2, -0.15) is 0 Å². The molecular weight excluding hydrogens is 294 g/mol. The lowest BCUT2D eigenvalue weighted by Crippen LogP contribution is -2.56. The van der Waals surface area contributed by atoms with E-state index < -0.39 is 5.92 Å². The molecule has 2 aliphatic rings. The molecule has 0 aromatic heterocycles. The van der Waals surface area contributed by atoms with E-state index >= 15 is 0 Å². The van der Waals surface area contributed by atoms with Crippen molar-refractivity contribution in [3.05, 3.63) is 35.4 Å². The Hall–Kier alpha value is -1.86. The van der Waals surface area contributed by atoms with E-state index in [2.05, 4.69) is 0 Å². The van der Waals surface area contributed by atoms with Crippen molar-refractivity contribution < 1.29 is 23.1 Å². The number of fused-ring (bicyclic) bond motifs is 1. The van der Waals surface area contributed by atoms with Crippen LogP contribution >= 0.6 is 0 Å². The summed E-state index contributed by atoms with van der Waals surface area (Å²) in [5.41, 5.74) is 0.825. The number of nitrogens with zero attached hydrogens (tertiary/aromatic N) is 2. The normalized spacial score (nSPS) is 20.2. The lowest BCUT2D eigenvalue weighted by Gasteiger charge is -2.38. The van der Waals surface area contributed by atoms with Crippen LogP contribution in [0, 0.1) is 0 Å². The topological polar surface area (TPSA) is 49.9 Å². The maximum absolute atomic E-state index is 12.6. The fourth-order valence-corrected chi connectivity index (χ4v) is 2.66. The molecule has 0 atom stereocenters. The number of benzene rings is 1. The standard InChI is InChI=1S/C15H16F2N2O3/c16-15(17)9-18(10-15)5-7-22-8-6-19-13(20)11-3-1-2-4-12(11)14(19)21/h1-4H,5-10H2. The second-order valence-corrected chi connectivity index (χ2v) is 5.49. The summed E-state index contributed by atoms with van der Waals surface area (Å²) in [6.45, 7) is 0.651. The first-order valence-corrected chi connectivity index (χ1v) is 7.11. The van der Waals surface area contributed by atoms with E-state index in [1.807, 2.05) is 0 Å². The molecule has 0 radical (unpaired) electrons. The van der Waals surface area contributed by atoms with Crippen molar-refractivity contribution in [2.24, 2.45) is 0 Å². The Balaban J connectivity index is 1.40. The molecule has 0 spiro atoms. The molecular formula is C15H16F2N2O3. The molecule has 118 valence electrons. The highest BCUT2D eigenvalue weighted by molar-refractivity contribution is 6.21. The number of imide groups is 1. The molecule has 1 fully saturated rings. The van der Waals surface area contributed by atoms with E-state index in [4.69, 9.17) is 4.74 Å². The minimum absolute atomic E-state index is 0.169. The lowest BCUT2D eigenvalue weighted by molar-refractivity contribution is -0.134. The molecule has 0 aliphatic carbocycles. The second kappa shape index (κ2) is 5.73. The number of hydrogen-bond acceptors (Lipinski definition) is 4. The molecule has 2 aliphatic heterocycles. The van der Waals surface area contributed by atoms with Gasteiger partial charge in [-0.05, 0) is 12.1 Å². The average Bonchev–Trinajstić information content (AvgIpc) is 2.70. The molecule has 0 saturated carbocycles. The smallest absolute Gasteiger partial charge is 0.272 e. The van der Waals surface area contributed by atoms with Gasteiger partial charge in [0.25, 0.3) is 17.7 Å². The SMILES string of the molecule is O=C1c2ccccc2C(=O)N1CCOCCN1CC(F)(F)C1. The lowest BCUT2D eigenvalue weighted by atomic mass is 10.1. The number of hydrogen-bond donors (Lipinski definition) is 0. The second-order valence-electron chi connectivity index (χ2n) is 5.49. The molecule has 0 N–H and O–H groups in total. The van der Waals surface area contributed by atoms with Crippen LogP contribution in [0.25, 0.3) is 0 Å². The van der Waals surface area contributed by atoms with E-state index in [9.17, 15) is 18.4 Å². The van der Waals surface area contributed by atoms with Gasteiger partial charge in [-0.25, -0.2) is 8.78 Å². The van der Waals surface area contributed by atoms with Crippen LogP contribution in [0.4, 0.5) is 8.78 Å². The summed E-state index contributed by atoms with van der Waals surface area (Å²) in [5.74, 6) is -3.20. The number of alkyl halides is 2. The summed E-state index contributed by atoms with van der Waals surface area (Å²) in [6.07, 6.45) is 0. The zero-order valence-electron chi connectivity index (χ0n) is 11.9. The molecule has 1 aromatic carbocycles. The van der Waals surface area contributed by atoms with Crippen molar-refractivity contribution in [2.45, 2.75) is 5.92 Å². The van der Waals surface area contributed by atoms with E-state index in [0.717, 1.165) is 4.90 Å². The van der Waals surface area contributed by atoms with Crippen LogP contribution in [-0.2, 0) is 4.74 Å². The van der Waals surface area contributed by atoms with Crippen molar-refractivity contribution in [3.8, 4) is 0 Å². The third-order valence-electron chi connectivity index (χ3n) is 3.80. The van der Waals surface area contributed by atoms with E-state index in [1.54, 1.807) is 29.2 Å². The minimum Gasteiger partial charge on any atom is -0.378 e. The summed E-state index contributed by atoms with van der Waals surface area (Å²) in [4.78, 5) is 26.9. The summed E-state index contributed by atoms with van der Waals surface area (Å²) in [5, 5.41) is 0. The van der Waals surface area contributed by atoms with Gasteiger partial charge in [-0.15, -0.1) is 0 Å². The number of likely N-dealkylation sites (tertiary alicyclic amines) is 1. The quantitative estimate of drug-likeness (QED) is 0.586. The van der Waals surface area contributed by atoms with Crippen LogP contribution in [0.1, 0.15) is 20.7 Å². The Labute approximate surface area is 126 Å². The highest BCUT2D eigenvalue weighted by Crippen LogP contribution is 2.26. The first-order valence-electron chi connectivity index (χ1n) is 7.11.